The van der Waals surface area contributed by atoms with Crippen molar-refractivity contribution in [2.24, 2.45) is 5.41 Å². The summed E-state index contributed by atoms with van der Waals surface area (Å²) in [6.07, 6.45) is 1.27. The van der Waals surface area contributed by atoms with Gasteiger partial charge in [0.1, 0.15) is 11.5 Å². The van der Waals surface area contributed by atoms with Crippen LogP contribution < -0.4 is 4.74 Å². The highest BCUT2D eigenvalue weighted by Crippen LogP contribution is 2.20. The molecule has 0 aromatic heterocycles. The van der Waals surface area contributed by atoms with E-state index in [9.17, 15) is 9.90 Å². The molecule has 0 atom stereocenters. The van der Waals surface area contributed by atoms with Crippen molar-refractivity contribution in [1.82, 2.24) is 0 Å². The number of ketones is 1. The van der Waals surface area contributed by atoms with E-state index in [1.54, 1.807) is 31.4 Å². The normalized spacial score (nSPS) is 12.4. The maximum absolute atomic E-state index is 11.7. The Morgan fingerprint density at radius 2 is 1.76 bits per heavy atom. The number of aliphatic hydroxyl groups is 1. The van der Waals surface area contributed by atoms with Gasteiger partial charge in [0.2, 0.25) is 0 Å². The van der Waals surface area contributed by atoms with Crippen molar-refractivity contribution in [2.75, 3.05) is 7.11 Å². The lowest BCUT2D eigenvalue weighted by Crippen LogP contribution is -2.17. The van der Waals surface area contributed by atoms with Gasteiger partial charge in [-0.15, -0.1) is 0 Å². The van der Waals surface area contributed by atoms with Crippen molar-refractivity contribution >= 4 is 11.5 Å². The van der Waals surface area contributed by atoms with Crippen LogP contribution in [0.3, 0.4) is 0 Å². The van der Waals surface area contributed by atoms with Crippen LogP contribution in [0.5, 0.6) is 5.75 Å². The largest absolute Gasteiger partial charge is 0.507 e. The summed E-state index contributed by atoms with van der Waals surface area (Å²) >= 11 is 0. The van der Waals surface area contributed by atoms with Gasteiger partial charge >= 0.3 is 0 Å². The Balaban J connectivity index is 2.92. The van der Waals surface area contributed by atoms with Crippen LogP contribution in [0.2, 0.25) is 0 Å². The van der Waals surface area contributed by atoms with Crippen LogP contribution in [0.4, 0.5) is 0 Å². The first kappa shape index (κ1) is 13.3. The Kier molecular flexibility index (Phi) is 3.94. The van der Waals surface area contributed by atoms with E-state index in [0.29, 0.717) is 11.3 Å². The lowest BCUT2D eigenvalue weighted by Gasteiger charge is -2.13. The lowest BCUT2D eigenvalue weighted by molar-refractivity contribution is -0.121. The number of aliphatic hydroxyl groups excluding tert-OH is 1. The van der Waals surface area contributed by atoms with E-state index >= 15 is 0 Å². The van der Waals surface area contributed by atoms with Crippen LogP contribution in [-0.2, 0) is 4.79 Å². The number of benzene rings is 1. The minimum atomic E-state index is -0.486. The summed E-state index contributed by atoms with van der Waals surface area (Å²) in [6, 6.07) is 6.89. The van der Waals surface area contributed by atoms with E-state index in [0.717, 1.165) is 0 Å². The van der Waals surface area contributed by atoms with E-state index in [4.69, 9.17) is 4.74 Å². The van der Waals surface area contributed by atoms with Gasteiger partial charge in [-0.3, -0.25) is 4.79 Å². The minimum Gasteiger partial charge on any atom is -0.507 e. The second kappa shape index (κ2) is 5.04. The molecule has 92 valence electrons. The molecule has 0 amide bonds. The fraction of sp³-hybridized carbons (Fsp3) is 0.357. The molecule has 0 bridgehead atoms. The van der Waals surface area contributed by atoms with Gasteiger partial charge in [0.05, 0.1) is 7.11 Å². The van der Waals surface area contributed by atoms with E-state index in [1.165, 1.54) is 6.08 Å². The molecule has 0 spiro atoms. The third kappa shape index (κ3) is 3.63. The van der Waals surface area contributed by atoms with Gasteiger partial charge in [-0.25, -0.2) is 0 Å². The standard InChI is InChI=1S/C14H18O3/c1-14(2,3)13(16)9-12(15)10-5-7-11(17-4)8-6-10/h5-9,15H,1-4H3. The van der Waals surface area contributed by atoms with E-state index in [-0.39, 0.29) is 11.5 Å². The third-order valence-corrected chi connectivity index (χ3v) is 2.39. The van der Waals surface area contributed by atoms with Crippen LogP contribution in [0, 0.1) is 5.41 Å². The topological polar surface area (TPSA) is 46.5 Å². The Morgan fingerprint density at radius 3 is 2.18 bits per heavy atom. The Labute approximate surface area is 102 Å². The summed E-state index contributed by atoms with van der Waals surface area (Å²) in [7, 11) is 1.58. The number of hydrogen-bond acceptors (Lipinski definition) is 3. The smallest absolute Gasteiger partial charge is 0.164 e. The third-order valence-electron chi connectivity index (χ3n) is 2.39. The fourth-order valence-electron chi connectivity index (χ4n) is 1.19. The molecule has 0 aliphatic rings. The SMILES string of the molecule is COc1ccc(C(O)=CC(=O)C(C)(C)C)cc1. The molecule has 0 fully saturated rings. The second-order valence-corrected chi connectivity index (χ2v) is 4.87. The summed E-state index contributed by atoms with van der Waals surface area (Å²) in [6.45, 7) is 5.44. The van der Waals surface area contributed by atoms with Gasteiger partial charge < -0.3 is 9.84 Å². The lowest BCUT2D eigenvalue weighted by atomic mass is 9.90. The quantitative estimate of drug-likeness (QED) is 0.645. The summed E-state index contributed by atoms with van der Waals surface area (Å²) in [5.74, 6) is 0.585. The highest BCUT2D eigenvalue weighted by atomic mass is 16.5. The molecular weight excluding hydrogens is 216 g/mol. The molecule has 1 aromatic carbocycles. The van der Waals surface area contributed by atoms with Gasteiger partial charge in [0.15, 0.2) is 5.78 Å². The highest BCUT2D eigenvalue weighted by Gasteiger charge is 2.19. The minimum absolute atomic E-state index is 0.0208. The number of hydrogen-bond donors (Lipinski definition) is 1. The van der Waals surface area contributed by atoms with Crippen molar-refractivity contribution < 1.29 is 14.6 Å². The predicted molar refractivity (Wildman–Crippen MR) is 68.1 cm³/mol. The molecule has 1 N–H and O–H groups in total. The molecule has 0 aliphatic carbocycles. The average Bonchev–Trinajstić information content (AvgIpc) is 2.27. The van der Waals surface area contributed by atoms with Gasteiger partial charge in [0, 0.05) is 17.1 Å². The van der Waals surface area contributed by atoms with Crippen LogP contribution in [0.15, 0.2) is 30.3 Å². The van der Waals surface area contributed by atoms with Crippen molar-refractivity contribution in [3.8, 4) is 5.75 Å². The summed E-state index contributed by atoms with van der Waals surface area (Å²) in [5, 5.41) is 9.82. The summed E-state index contributed by atoms with van der Waals surface area (Å²) in [5.41, 5.74) is 0.115. The zero-order valence-electron chi connectivity index (χ0n) is 10.7. The second-order valence-electron chi connectivity index (χ2n) is 4.87. The average molecular weight is 234 g/mol. The molecule has 0 aliphatic heterocycles. The maximum Gasteiger partial charge on any atom is 0.164 e. The van der Waals surface area contributed by atoms with Crippen LogP contribution in [-0.4, -0.2) is 18.0 Å². The zero-order chi connectivity index (χ0) is 13.1. The predicted octanol–water partition coefficient (Wildman–Crippen LogP) is 3.21. The number of carbonyl (C=O) groups is 1. The van der Waals surface area contributed by atoms with Crippen molar-refractivity contribution in [3.63, 3.8) is 0 Å². The number of carbonyl (C=O) groups excluding carboxylic acids is 1. The molecule has 0 heterocycles. The number of methoxy groups -OCH3 is 1. The maximum atomic E-state index is 11.7. The zero-order valence-corrected chi connectivity index (χ0v) is 10.7. The van der Waals surface area contributed by atoms with Gasteiger partial charge in [-0.2, -0.15) is 0 Å². The number of ether oxygens (including phenoxy) is 1. The summed E-state index contributed by atoms with van der Waals surface area (Å²) < 4.78 is 5.02. The molecule has 0 unspecified atom stereocenters. The van der Waals surface area contributed by atoms with E-state index < -0.39 is 5.41 Å². The fourth-order valence-corrected chi connectivity index (χ4v) is 1.19. The Bertz CT molecular complexity index is 422. The molecule has 17 heavy (non-hydrogen) atoms. The monoisotopic (exact) mass is 234 g/mol. The first-order chi connectivity index (χ1) is 7.84. The van der Waals surface area contributed by atoms with Crippen molar-refractivity contribution in [3.05, 3.63) is 35.9 Å². The molecule has 3 heteroatoms. The van der Waals surface area contributed by atoms with E-state index in [1.807, 2.05) is 20.8 Å². The molecule has 0 saturated carbocycles. The Morgan fingerprint density at radius 1 is 1.24 bits per heavy atom. The van der Waals surface area contributed by atoms with Gasteiger partial charge in [-0.1, -0.05) is 20.8 Å². The van der Waals surface area contributed by atoms with Crippen molar-refractivity contribution in [2.45, 2.75) is 20.8 Å². The van der Waals surface area contributed by atoms with E-state index in [2.05, 4.69) is 0 Å². The molecule has 3 nitrogen and oxygen atoms in total. The Hall–Kier alpha value is -1.77. The van der Waals surface area contributed by atoms with Gasteiger partial charge in [-0.05, 0) is 24.3 Å². The van der Waals surface area contributed by atoms with Crippen LogP contribution in [0.1, 0.15) is 26.3 Å². The number of rotatable bonds is 3. The summed E-state index contributed by atoms with van der Waals surface area (Å²) in [4.78, 5) is 11.7. The van der Waals surface area contributed by atoms with Crippen LogP contribution >= 0.6 is 0 Å². The highest BCUT2D eigenvalue weighted by molar-refractivity contribution is 5.98. The molecular formula is C14H18O3. The first-order valence-corrected chi connectivity index (χ1v) is 5.44. The van der Waals surface area contributed by atoms with Crippen molar-refractivity contribution in [1.29, 1.82) is 0 Å². The van der Waals surface area contributed by atoms with Crippen LogP contribution in [0.25, 0.3) is 5.76 Å². The molecule has 1 aromatic rings. The molecule has 0 saturated heterocycles. The molecule has 1 rings (SSSR count). The van der Waals surface area contributed by atoms with Gasteiger partial charge in [0.25, 0.3) is 0 Å². The first-order valence-electron chi connectivity index (χ1n) is 5.44. The number of allylic oxidation sites excluding steroid dienone is 1. The molecule has 0 radical (unpaired) electrons.